The number of hydrogen-bond acceptors (Lipinski definition) is 2. The summed E-state index contributed by atoms with van der Waals surface area (Å²) in [5.41, 5.74) is 2.00. The van der Waals surface area contributed by atoms with Crippen molar-refractivity contribution in [1.82, 2.24) is 4.90 Å². The summed E-state index contributed by atoms with van der Waals surface area (Å²) < 4.78 is 0. The Morgan fingerprint density at radius 1 is 1.44 bits per heavy atom. The van der Waals surface area contributed by atoms with Crippen molar-refractivity contribution in [2.45, 2.75) is 39.2 Å². The highest BCUT2D eigenvalue weighted by molar-refractivity contribution is 5.96. The Bertz CT molecular complexity index is 423. The van der Waals surface area contributed by atoms with E-state index in [0.717, 1.165) is 23.6 Å². The van der Waals surface area contributed by atoms with Crippen LogP contribution < -0.4 is 0 Å². The Balaban J connectivity index is 1.84. The van der Waals surface area contributed by atoms with Crippen LogP contribution in [0.15, 0.2) is 24.3 Å². The SMILES string of the molecule is Cc1cccc(C(=O)CCN(C)C(C)C2CC2)c1. The summed E-state index contributed by atoms with van der Waals surface area (Å²) in [4.78, 5) is 14.4. The van der Waals surface area contributed by atoms with Crippen molar-refractivity contribution in [3.05, 3.63) is 35.4 Å². The van der Waals surface area contributed by atoms with E-state index in [1.54, 1.807) is 0 Å². The highest BCUT2D eigenvalue weighted by Gasteiger charge is 2.30. The van der Waals surface area contributed by atoms with Crippen molar-refractivity contribution in [3.63, 3.8) is 0 Å². The third-order valence-corrected chi connectivity index (χ3v) is 4.03. The van der Waals surface area contributed by atoms with Gasteiger partial charge in [-0.15, -0.1) is 0 Å². The molecule has 0 spiro atoms. The fourth-order valence-electron chi connectivity index (χ4n) is 2.38. The van der Waals surface area contributed by atoms with Crippen LogP contribution in [0.2, 0.25) is 0 Å². The lowest BCUT2D eigenvalue weighted by Crippen LogP contribution is -2.32. The predicted octanol–water partition coefficient (Wildman–Crippen LogP) is 3.30. The minimum absolute atomic E-state index is 0.258. The summed E-state index contributed by atoms with van der Waals surface area (Å²) >= 11 is 0. The van der Waals surface area contributed by atoms with Crippen LogP contribution >= 0.6 is 0 Å². The zero-order chi connectivity index (χ0) is 13.1. The standard InChI is InChI=1S/C16H23NO/c1-12-5-4-6-15(11-12)16(18)9-10-17(3)13(2)14-7-8-14/h4-6,11,13-14H,7-10H2,1-3H3. The minimum atomic E-state index is 0.258. The third kappa shape index (κ3) is 3.42. The van der Waals surface area contributed by atoms with E-state index in [4.69, 9.17) is 0 Å². The first-order valence-corrected chi connectivity index (χ1v) is 6.88. The molecule has 2 heteroatoms. The average Bonchev–Trinajstić information content (AvgIpc) is 3.18. The molecule has 0 heterocycles. The highest BCUT2D eigenvalue weighted by atomic mass is 16.1. The molecule has 1 fully saturated rings. The summed E-state index contributed by atoms with van der Waals surface area (Å²) in [6.07, 6.45) is 3.34. The fourth-order valence-corrected chi connectivity index (χ4v) is 2.38. The summed E-state index contributed by atoms with van der Waals surface area (Å²) in [5, 5.41) is 0. The van der Waals surface area contributed by atoms with Crippen LogP contribution in [-0.2, 0) is 0 Å². The number of Topliss-reactive ketones (excluding diaryl/α,β-unsaturated/α-hetero) is 1. The molecule has 1 aromatic carbocycles. The van der Waals surface area contributed by atoms with Crippen LogP contribution in [0.5, 0.6) is 0 Å². The number of carbonyl (C=O) groups is 1. The molecule has 0 radical (unpaired) electrons. The van der Waals surface area contributed by atoms with E-state index >= 15 is 0 Å². The smallest absolute Gasteiger partial charge is 0.164 e. The molecule has 98 valence electrons. The van der Waals surface area contributed by atoms with E-state index in [1.165, 1.54) is 12.8 Å². The molecule has 1 unspecified atom stereocenters. The Labute approximate surface area is 110 Å². The second-order valence-electron chi connectivity index (χ2n) is 5.60. The van der Waals surface area contributed by atoms with E-state index in [9.17, 15) is 4.79 Å². The number of benzene rings is 1. The van der Waals surface area contributed by atoms with Gasteiger partial charge in [0.1, 0.15) is 0 Å². The van der Waals surface area contributed by atoms with Crippen LogP contribution in [0.1, 0.15) is 42.1 Å². The highest BCUT2D eigenvalue weighted by Crippen LogP contribution is 2.34. The van der Waals surface area contributed by atoms with Gasteiger partial charge in [-0.25, -0.2) is 0 Å². The van der Waals surface area contributed by atoms with Gasteiger partial charge in [-0.05, 0) is 45.7 Å². The van der Waals surface area contributed by atoms with Gasteiger partial charge in [-0.1, -0.05) is 23.8 Å². The van der Waals surface area contributed by atoms with E-state index < -0.39 is 0 Å². The van der Waals surface area contributed by atoms with Crippen LogP contribution in [0.3, 0.4) is 0 Å². The van der Waals surface area contributed by atoms with Gasteiger partial charge < -0.3 is 4.90 Å². The number of nitrogens with zero attached hydrogens (tertiary/aromatic N) is 1. The average molecular weight is 245 g/mol. The van der Waals surface area contributed by atoms with Crippen LogP contribution in [0.25, 0.3) is 0 Å². The molecule has 0 aliphatic heterocycles. The molecule has 0 N–H and O–H groups in total. The summed E-state index contributed by atoms with van der Waals surface area (Å²) in [7, 11) is 2.13. The monoisotopic (exact) mass is 245 g/mol. The maximum absolute atomic E-state index is 12.1. The lowest BCUT2D eigenvalue weighted by molar-refractivity contribution is 0.0959. The Kier molecular flexibility index (Phi) is 4.18. The lowest BCUT2D eigenvalue weighted by Gasteiger charge is -2.24. The molecule has 1 saturated carbocycles. The number of hydrogen-bond donors (Lipinski definition) is 0. The number of rotatable bonds is 6. The second-order valence-corrected chi connectivity index (χ2v) is 5.60. The maximum Gasteiger partial charge on any atom is 0.164 e. The fraction of sp³-hybridized carbons (Fsp3) is 0.562. The lowest BCUT2D eigenvalue weighted by atomic mass is 10.1. The van der Waals surface area contributed by atoms with Crippen molar-refractivity contribution in [2.24, 2.45) is 5.92 Å². The topological polar surface area (TPSA) is 20.3 Å². The summed E-state index contributed by atoms with van der Waals surface area (Å²) in [6, 6.07) is 8.50. The molecule has 0 amide bonds. The molecule has 1 atom stereocenters. The van der Waals surface area contributed by atoms with Crippen LogP contribution in [0, 0.1) is 12.8 Å². The first-order valence-electron chi connectivity index (χ1n) is 6.88. The van der Waals surface area contributed by atoms with Crippen molar-refractivity contribution in [2.75, 3.05) is 13.6 Å². The second kappa shape index (κ2) is 5.66. The maximum atomic E-state index is 12.1. The van der Waals surface area contributed by atoms with Gasteiger partial charge >= 0.3 is 0 Å². The van der Waals surface area contributed by atoms with Gasteiger partial charge in [0.05, 0.1) is 0 Å². The predicted molar refractivity (Wildman–Crippen MR) is 74.9 cm³/mol. The van der Waals surface area contributed by atoms with Crippen molar-refractivity contribution < 1.29 is 4.79 Å². The molecule has 1 aliphatic rings. The number of ketones is 1. The van der Waals surface area contributed by atoms with Crippen molar-refractivity contribution in [1.29, 1.82) is 0 Å². The summed E-state index contributed by atoms with van der Waals surface area (Å²) in [6.45, 7) is 5.16. The molecule has 2 rings (SSSR count). The van der Waals surface area contributed by atoms with Gasteiger partial charge in [-0.2, -0.15) is 0 Å². The van der Waals surface area contributed by atoms with Gasteiger partial charge in [-0.3, -0.25) is 4.79 Å². The molecule has 1 aromatic rings. The van der Waals surface area contributed by atoms with Crippen LogP contribution in [-0.4, -0.2) is 30.3 Å². The zero-order valence-corrected chi connectivity index (χ0v) is 11.6. The molecule has 0 aromatic heterocycles. The first-order chi connectivity index (χ1) is 8.58. The molecular weight excluding hydrogens is 222 g/mol. The van der Waals surface area contributed by atoms with E-state index in [1.807, 2.05) is 31.2 Å². The molecule has 2 nitrogen and oxygen atoms in total. The minimum Gasteiger partial charge on any atom is -0.303 e. The van der Waals surface area contributed by atoms with Crippen LogP contribution in [0.4, 0.5) is 0 Å². The van der Waals surface area contributed by atoms with Gasteiger partial charge in [0.2, 0.25) is 0 Å². The molecule has 18 heavy (non-hydrogen) atoms. The summed E-state index contributed by atoms with van der Waals surface area (Å²) in [5.74, 6) is 1.12. The van der Waals surface area contributed by atoms with E-state index in [2.05, 4.69) is 18.9 Å². The third-order valence-electron chi connectivity index (χ3n) is 4.03. The number of aryl methyl sites for hydroxylation is 1. The quantitative estimate of drug-likeness (QED) is 0.717. The Morgan fingerprint density at radius 2 is 2.17 bits per heavy atom. The molecular formula is C16H23NO. The Hall–Kier alpha value is -1.15. The molecule has 1 aliphatic carbocycles. The largest absolute Gasteiger partial charge is 0.303 e. The zero-order valence-electron chi connectivity index (χ0n) is 11.6. The van der Waals surface area contributed by atoms with E-state index in [0.29, 0.717) is 12.5 Å². The van der Waals surface area contributed by atoms with Gasteiger partial charge in [0.15, 0.2) is 5.78 Å². The molecule has 0 bridgehead atoms. The van der Waals surface area contributed by atoms with Crippen molar-refractivity contribution >= 4 is 5.78 Å². The van der Waals surface area contributed by atoms with E-state index in [-0.39, 0.29) is 5.78 Å². The Morgan fingerprint density at radius 3 is 2.78 bits per heavy atom. The van der Waals surface area contributed by atoms with Crippen molar-refractivity contribution in [3.8, 4) is 0 Å². The van der Waals surface area contributed by atoms with Gasteiger partial charge in [0, 0.05) is 24.6 Å². The number of carbonyl (C=O) groups excluding carboxylic acids is 1. The molecule has 0 saturated heterocycles. The normalized spacial score (nSPS) is 16.9. The first kappa shape index (κ1) is 13.3. The van der Waals surface area contributed by atoms with Gasteiger partial charge in [0.25, 0.3) is 0 Å².